The Hall–Kier alpha value is -1.59. The third-order valence-corrected chi connectivity index (χ3v) is 5.45. The van der Waals surface area contributed by atoms with E-state index < -0.39 is 0 Å². The first-order valence-electron chi connectivity index (χ1n) is 9.48. The highest BCUT2D eigenvalue weighted by molar-refractivity contribution is 5.85. The van der Waals surface area contributed by atoms with Gasteiger partial charge < -0.3 is 15.1 Å². The standard InChI is InChI=1S/C20H29N3O2.ClH/c1-16-15-21-11-14-23(16)20(25)18-9-12-22(13-10-18)19(24)8-7-17-5-3-2-4-6-17;/h2-6,16,18,21H,7-15H2,1H3;1H. The van der Waals surface area contributed by atoms with Crippen molar-refractivity contribution in [2.75, 3.05) is 32.7 Å². The number of amides is 2. The predicted molar refractivity (Wildman–Crippen MR) is 105 cm³/mol. The Morgan fingerprint density at radius 3 is 2.46 bits per heavy atom. The number of likely N-dealkylation sites (tertiary alicyclic amines) is 1. The van der Waals surface area contributed by atoms with Gasteiger partial charge in [-0.1, -0.05) is 30.3 Å². The van der Waals surface area contributed by atoms with Gasteiger partial charge in [0.1, 0.15) is 0 Å². The number of carbonyl (C=O) groups excluding carboxylic acids is 2. The van der Waals surface area contributed by atoms with Crippen LogP contribution in [0.3, 0.4) is 0 Å². The first-order chi connectivity index (χ1) is 12.1. The molecule has 0 radical (unpaired) electrons. The summed E-state index contributed by atoms with van der Waals surface area (Å²) in [4.78, 5) is 29.1. The Balaban J connectivity index is 0.00000243. The van der Waals surface area contributed by atoms with E-state index in [4.69, 9.17) is 0 Å². The van der Waals surface area contributed by atoms with Gasteiger partial charge >= 0.3 is 0 Å². The van der Waals surface area contributed by atoms with Crippen molar-refractivity contribution >= 4 is 24.2 Å². The van der Waals surface area contributed by atoms with Crippen LogP contribution < -0.4 is 5.32 Å². The van der Waals surface area contributed by atoms with Gasteiger partial charge in [-0.25, -0.2) is 0 Å². The summed E-state index contributed by atoms with van der Waals surface area (Å²) in [5.74, 6) is 0.578. The zero-order chi connectivity index (χ0) is 17.6. The fourth-order valence-electron chi connectivity index (χ4n) is 3.83. The summed E-state index contributed by atoms with van der Waals surface area (Å²) in [5.41, 5.74) is 1.20. The van der Waals surface area contributed by atoms with Crippen LogP contribution in [0.15, 0.2) is 30.3 Å². The van der Waals surface area contributed by atoms with Gasteiger partial charge in [0, 0.05) is 51.1 Å². The quantitative estimate of drug-likeness (QED) is 0.871. The average molecular weight is 380 g/mol. The third kappa shape index (κ3) is 5.21. The number of rotatable bonds is 4. The number of nitrogens with one attached hydrogen (secondary N) is 1. The molecule has 0 aliphatic carbocycles. The number of hydrogen-bond acceptors (Lipinski definition) is 3. The summed E-state index contributed by atoms with van der Waals surface area (Å²) < 4.78 is 0. The Morgan fingerprint density at radius 2 is 1.81 bits per heavy atom. The molecule has 3 rings (SSSR count). The van der Waals surface area contributed by atoms with E-state index in [9.17, 15) is 9.59 Å². The van der Waals surface area contributed by atoms with Gasteiger partial charge in [0.2, 0.25) is 11.8 Å². The van der Waals surface area contributed by atoms with Crippen molar-refractivity contribution in [2.24, 2.45) is 5.92 Å². The Kier molecular flexibility index (Phi) is 7.91. The highest BCUT2D eigenvalue weighted by atomic mass is 35.5. The molecule has 2 amide bonds. The van der Waals surface area contributed by atoms with Crippen molar-refractivity contribution in [2.45, 2.75) is 38.6 Å². The molecule has 1 aromatic rings. The molecule has 6 heteroatoms. The molecule has 0 bridgehead atoms. The van der Waals surface area contributed by atoms with E-state index in [2.05, 4.69) is 24.4 Å². The van der Waals surface area contributed by atoms with Crippen LogP contribution in [0.2, 0.25) is 0 Å². The maximum Gasteiger partial charge on any atom is 0.226 e. The summed E-state index contributed by atoms with van der Waals surface area (Å²) in [7, 11) is 0. The van der Waals surface area contributed by atoms with Crippen LogP contribution in [0.4, 0.5) is 0 Å². The van der Waals surface area contributed by atoms with Crippen LogP contribution >= 0.6 is 12.4 Å². The number of carbonyl (C=O) groups is 2. The van der Waals surface area contributed by atoms with E-state index in [0.717, 1.165) is 38.9 Å². The summed E-state index contributed by atoms with van der Waals surface area (Å²) in [6.07, 6.45) is 2.94. The predicted octanol–water partition coefficient (Wildman–Crippen LogP) is 2.10. The smallest absolute Gasteiger partial charge is 0.226 e. The molecule has 2 aliphatic heterocycles. The molecule has 1 aromatic carbocycles. The number of piperazine rings is 1. The lowest BCUT2D eigenvalue weighted by molar-refractivity contribution is -0.142. The normalized spacial score (nSPS) is 21.2. The van der Waals surface area contributed by atoms with E-state index >= 15 is 0 Å². The second-order valence-electron chi connectivity index (χ2n) is 7.23. The molecule has 2 saturated heterocycles. The number of benzene rings is 1. The first-order valence-corrected chi connectivity index (χ1v) is 9.48. The SMILES string of the molecule is CC1CNCCN1C(=O)C1CCN(C(=O)CCc2ccccc2)CC1.Cl. The minimum absolute atomic E-state index is 0. The Morgan fingerprint density at radius 1 is 1.12 bits per heavy atom. The van der Waals surface area contributed by atoms with Crippen molar-refractivity contribution in [3.05, 3.63) is 35.9 Å². The fourth-order valence-corrected chi connectivity index (χ4v) is 3.83. The van der Waals surface area contributed by atoms with Crippen LogP contribution in [0, 0.1) is 5.92 Å². The van der Waals surface area contributed by atoms with Crippen molar-refractivity contribution in [3.63, 3.8) is 0 Å². The molecule has 0 aromatic heterocycles. The molecule has 2 aliphatic rings. The minimum Gasteiger partial charge on any atom is -0.343 e. The third-order valence-electron chi connectivity index (χ3n) is 5.45. The fraction of sp³-hybridized carbons (Fsp3) is 0.600. The highest BCUT2D eigenvalue weighted by Gasteiger charge is 2.32. The molecule has 26 heavy (non-hydrogen) atoms. The van der Waals surface area contributed by atoms with Gasteiger partial charge in [-0.15, -0.1) is 12.4 Å². The van der Waals surface area contributed by atoms with Gasteiger partial charge in [0.05, 0.1) is 0 Å². The largest absolute Gasteiger partial charge is 0.343 e. The Bertz CT molecular complexity index is 588. The van der Waals surface area contributed by atoms with Crippen molar-refractivity contribution in [1.82, 2.24) is 15.1 Å². The maximum atomic E-state index is 12.7. The van der Waals surface area contributed by atoms with E-state index in [1.54, 1.807) is 0 Å². The second kappa shape index (κ2) is 9.93. The summed E-state index contributed by atoms with van der Waals surface area (Å²) in [6.45, 7) is 6.09. The van der Waals surface area contributed by atoms with E-state index in [1.165, 1.54) is 5.56 Å². The molecule has 1 unspecified atom stereocenters. The topological polar surface area (TPSA) is 52.7 Å². The molecule has 0 saturated carbocycles. The van der Waals surface area contributed by atoms with Crippen molar-refractivity contribution in [3.8, 4) is 0 Å². The zero-order valence-corrected chi connectivity index (χ0v) is 16.3. The second-order valence-corrected chi connectivity index (χ2v) is 7.23. The molecule has 1 N–H and O–H groups in total. The van der Waals surface area contributed by atoms with Crippen molar-refractivity contribution in [1.29, 1.82) is 0 Å². The van der Waals surface area contributed by atoms with E-state index in [1.807, 2.05) is 28.0 Å². The number of hydrogen-bond donors (Lipinski definition) is 1. The van der Waals surface area contributed by atoms with Crippen LogP contribution in [-0.2, 0) is 16.0 Å². The number of aryl methyl sites for hydroxylation is 1. The van der Waals surface area contributed by atoms with E-state index in [0.29, 0.717) is 19.5 Å². The van der Waals surface area contributed by atoms with Gasteiger partial charge in [0.25, 0.3) is 0 Å². The average Bonchev–Trinajstić information content (AvgIpc) is 2.67. The first kappa shape index (κ1) is 20.7. The molecule has 2 heterocycles. The lowest BCUT2D eigenvalue weighted by atomic mass is 9.94. The summed E-state index contributed by atoms with van der Waals surface area (Å²) >= 11 is 0. The van der Waals surface area contributed by atoms with Gasteiger partial charge in [-0.2, -0.15) is 0 Å². The zero-order valence-electron chi connectivity index (χ0n) is 15.5. The van der Waals surface area contributed by atoms with Crippen LogP contribution in [0.1, 0.15) is 31.7 Å². The van der Waals surface area contributed by atoms with Crippen molar-refractivity contribution < 1.29 is 9.59 Å². The van der Waals surface area contributed by atoms with Crippen LogP contribution in [0.5, 0.6) is 0 Å². The monoisotopic (exact) mass is 379 g/mol. The number of halogens is 1. The maximum absolute atomic E-state index is 12.7. The molecule has 2 fully saturated rings. The van der Waals surface area contributed by atoms with Gasteiger partial charge in [-0.3, -0.25) is 9.59 Å². The number of nitrogens with zero attached hydrogens (tertiary/aromatic N) is 2. The summed E-state index contributed by atoms with van der Waals surface area (Å²) in [6, 6.07) is 10.4. The molecular weight excluding hydrogens is 350 g/mol. The number of piperidine rings is 1. The minimum atomic E-state index is 0. The molecular formula is C20H30ClN3O2. The lowest BCUT2D eigenvalue weighted by Gasteiger charge is -2.39. The molecule has 144 valence electrons. The molecule has 0 spiro atoms. The summed E-state index contributed by atoms with van der Waals surface area (Å²) in [5, 5.41) is 3.33. The lowest BCUT2D eigenvalue weighted by Crippen LogP contribution is -2.55. The molecule has 5 nitrogen and oxygen atoms in total. The molecule has 1 atom stereocenters. The van der Waals surface area contributed by atoms with Crippen LogP contribution in [0.25, 0.3) is 0 Å². The van der Waals surface area contributed by atoms with Gasteiger partial charge in [0.15, 0.2) is 0 Å². The Labute approximate surface area is 162 Å². The van der Waals surface area contributed by atoms with E-state index in [-0.39, 0.29) is 36.2 Å². The van der Waals surface area contributed by atoms with Gasteiger partial charge in [-0.05, 0) is 31.7 Å². The highest BCUT2D eigenvalue weighted by Crippen LogP contribution is 2.22. The van der Waals surface area contributed by atoms with Crippen LogP contribution in [-0.4, -0.2) is 60.4 Å².